The molecule has 0 unspecified atom stereocenters. The summed E-state index contributed by atoms with van der Waals surface area (Å²) in [5.41, 5.74) is 3.16. The maximum absolute atomic E-state index is 13.3. The first kappa shape index (κ1) is 17.7. The fourth-order valence-electron chi connectivity index (χ4n) is 3.55. The summed E-state index contributed by atoms with van der Waals surface area (Å²) in [5, 5.41) is 4.74. The minimum atomic E-state index is -0.0407. The number of hydrogen-bond acceptors (Lipinski definition) is 4. The van der Waals surface area contributed by atoms with Crippen molar-refractivity contribution in [2.45, 2.75) is 32.2 Å². The van der Waals surface area contributed by atoms with Crippen molar-refractivity contribution in [2.75, 3.05) is 6.54 Å². The van der Waals surface area contributed by atoms with E-state index in [0.717, 1.165) is 48.5 Å². The predicted octanol–water partition coefficient (Wildman–Crippen LogP) is 5.07. The Hall–Kier alpha value is -2.66. The van der Waals surface area contributed by atoms with Crippen LogP contribution < -0.4 is 0 Å². The first-order valence-electron chi connectivity index (χ1n) is 9.08. The van der Waals surface area contributed by atoms with Crippen LogP contribution in [0.5, 0.6) is 0 Å². The summed E-state index contributed by atoms with van der Waals surface area (Å²) in [4.78, 5) is 19.5. The Morgan fingerprint density at radius 3 is 2.85 bits per heavy atom. The smallest absolute Gasteiger partial charge is 0.254 e. The van der Waals surface area contributed by atoms with Crippen molar-refractivity contribution in [3.8, 4) is 11.3 Å². The summed E-state index contributed by atoms with van der Waals surface area (Å²) in [5.74, 6) is 0.773. The van der Waals surface area contributed by atoms with Gasteiger partial charge >= 0.3 is 0 Å². The number of benzene rings is 1. The zero-order valence-electron chi connectivity index (χ0n) is 15.1. The van der Waals surface area contributed by atoms with Gasteiger partial charge in [0.2, 0.25) is 0 Å². The number of likely N-dealkylation sites (tertiary alicyclic amines) is 1. The molecule has 1 aliphatic heterocycles. The summed E-state index contributed by atoms with van der Waals surface area (Å²) >= 11 is 5.92. The maximum Gasteiger partial charge on any atom is 0.254 e. The first-order chi connectivity index (χ1) is 13.1. The number of carbonyl (C=O) groups is 1. The average molecular weight is 382 g/mol. The second-order valence-corrected chi connectivity index (χ2v) is 7.25. The van der Waals surface area contributed by atoms with Crippen LogP contribution in [0.4, 0.5) is 0 Å². The lowest BCUT2D eigenvalue weighted by Gasteiger charge is -2.34. The minimum Gasteiger partial charge on any atom is -0.361 e. The van der Waals surface area contributed by atoms with E-state index in [4.69, 9.17) is 16.1 Å². The van der Waals surface area contributed by atoms with Gasteiger partial charge in [0.05, 0.1) is 16.8 Å². The zero-order valence-corrected chi connectivity index (χ0v) is 15.8. The number of piperidine rings is 1. The summed E-state index contributed by atoms with van der Waals surface area (Å²) in [6.45, 7) is 2.59. The molecule has 138 valence electrons. The third-order valence-corrected chi connectivity index (χ3v) is 5.11. The highest BCUT2D eigenvalue weighted by Gasteiger charge is 2.30. The molecule has 27 heavy (non-hydrogen) atoms. The quantitative estimate of drug-likeness (QED) is 0.635. The van der Waals surface area contributed by atoms with E-state index in [1.807, 2.05) is 48.2 Å². The molecule has 0 aliphatic carbocycles. The molecule has 3 heterocycles. The molecule has 1 amide bonds. The second-order valence-electron chi connectivity index (χ2n) is 6.82. The Labute approximate surface area is 163 Å². The van der Waals surface area contributed by atoms with E-state index in [2.05, 4.69) is 10.1 Å². The zero-order chi connectivity index (χ0) is 18.8. The van der Waals surface area contributed by atoms with Crippen LogP contribution in [0.15, 0.2) is 53.2 Å². The fraction of sp³-hybridized carbons (Fsp3) is 0.286. The summed E-state index contributed by atoms with van der Waals surface area (Å²) in [7, 11) is 0. The number of hydrogen-bond donors (Lipinski definition) is 0. The van der Waals surface area contributed by atoms with Gasteiger partial charge in [0.15, 0.2) is 0 Å². The van der Waals surface area contributed by atoms with Gasteiger partial charge in [-0.25, -0.2) is 0 Å². The van der Waals surface area contributed by atoms with Crippen molar-refractivity contribution >= 4 is 17.5 Å². The summed E-state index contributed by atoms with van der Waals surface area (Å²) in [6, 6.07) is 13.1. The number of rotatable bonds is 3. The molecular weight excluding hydrogens is 362 g/mol. The number of amides is 1. The van der Waals surface area contributed by atoms with Crippen molar-refractivity contribution < 1.29 is 9.32 Å². The van der Waals surface area contributed by atoms with Crippen LogP contribution in [-0.4, -0.2) is 27.5 Å². The van der Waals surface area contributed by atoms with E-state index < -0.39 is 0 Å². The molecule has 6 heteroatoms. The van der Waals surface area contributed by atoms with E-state index in [0.29, 0.717) is 10.6 Å². The van der Waals surface area contributed by atoms with E-state index in [1.54, 1.807) is 12.3 Å². The van der Waals surface area contributed by atoms with Crippen LogP contribution in [0.1, 0.15) is 47.1 Å². The normalized spacial score (nSPS) is 17.1. The Morgan fingerprint density at radius 1 is 1.22 bits per heavy atom. The van der Waals surface area contributed by atoms with Gasteiger partial charge in [-0.15, -0.1) is 0 Å². The lowest BCUT2D eigenvalue weighted by molar-refractivity contribution is 0.0602. The Balaban J connectivity index is 1.63. The van der Waals surface area contributed by atoms with Crippen molar-refractivity contribution in [3.63, 3.8) is 0 Å². The Bertz CT molecular complexity index is 952. The highest BCUT2D eigenvalue weighted by molar-refractivity contribution is 6.30. The topological polar surface area (TPSA) is 59.2 Å². The highest BCUT2D eigenvalue weighted by atomic mass is 35.5. The van der Waals surface area contributed by atoms with Crippen molar-refractivity contribution in [1.29, 1.82) is 0 Å². The summed E-state index contributed by atoms with van der Waals surface area (Å²) < 4.78 is 5.23. The molecule has 5 nitrogen and oxygen atoms in total. The van der Waals surface area contributed by atoms with Gasteiger partial charge in [0, 0.05) is 29.9 Å². The van der Waals surface area contributed by atoms with Crippen LogP contribution in [0.3, 0.4) is 0 Å². The van der Waals surface area contributed by atoms with Crippen LogP contribution in [0.25, 0.3) is 11.3 Å². The van der Waals surface area contributed by atoms with Crippen LogP contribution >= 0.6 is 11.6 Å². The number of carbonyl (C=O) groups excluding carboxylic acids is 1. The monoisotopic (exact) mass is 381 g/mol. The van der Waals surface area contributed by atoms with Gasteiger partial charge in [-0.05, 0) is 50.5 Å². The molecule has 0 spiro atoms. The lowest BCUT2D eigenvalue weighted by atomic mass is 9.97. The summed E-state index contributed by atoms with van der Waals surface area (Å²) in [6.07, 6.45) is 4.59. The molecule has 1 aromatic carbocycles. The molecule has 1 atom stereocenters. The predicted molar refractivity (Wildman–Crippen MR) is 104 cm³/mol. The lowest BCUT2D eigenvalue weighted by Crippen LogP contribution is -2.38. The molecule has 1 saturated heterocycles. The Kier molecular flexibility index (Phi) is 4.94. The number of aryl methyl sites for hydroxylation is 1. The van der Waals surface area contributed by atoms with Crippen molar-refractivity contribution in [1.82, 2.24) is 15.0 Å². The second kappa shape index (κ2) is 7.53. The van der Waals surface area contributed by atoms with E-state index in [-0.39, 0.29) is 11.9 Å². The van der Waals surface area contributed by atoms with Crippen LogP contribution in [-0.2, 0) is 0 Å². The average Bonchev–Trinajstić information content (AvgIpc) is 3.14. The molecule has 0 bridgehead atoms. The molecule has 0 N–H and O–H groups in total. The van der Waals surface area contributed by atoms with Crippen molar-refractivity contribution in [2.24, 2.45) is 0 Å². The number of aromatic nitrogens is 2. The number of nitrogens with zero attached hydrogens (tertiary/aromatic N) is 3. The molecule has 3 aromatic rings. The first-order valence-corrected chi connectivity index (χ1v) is 9.46. The van der Waals surface area contributed by atoms with Gasteiger partial charge in [-0.2, -0.15) is 0 Å². The third kappa shape index (κ3) is 3.74. The maximum atomic E-state index is 13.3. The molecule has 1 aliphatic rings. The molecule has 4 rings (SSSR count). The van der Waals surface area contributed by atoms with Gasteiger partial charge in [-0.3, -0.25) is 9.78 Å². The van der Waals surface area contributed by atoms with Gasteiger partial charge < -0.3 is 9.42 Å². The van der Waals surface area contributed by atoms with E-state index in [9.17, 15) is 4.79 Å². The van der Waals surface area contributed by atoms with Gasteiger partial charge in [0.1, 0.15) is 11.5 Å². The van der Waals surface area contributed by atoms with Gasteiger partial charge in [-0.1, -0.05) is 28.9 Å². The SMILES string of the molecule is Cc1cc([C@@H]2CCCCN2C(=O)c2cccc(-c3ccc(Cl)cn3)c2)no1. The van der Waals surface area contributed by atoms with Gasteiger partial charge in [0.25, 0.3) is 5.91 Å². The largest absolute Gasteiger partial charge is 0.361 e. The number of pyridine rings is 1. The third-order valence-electron chi connectivity index (χ3n) is 4.88. The molecule has 0 radical (unpaired) electrons. The van der Waals surface area contributed by atoms with Crippen LogP contribution in [0.2, 0.25) is 5.02 Å². The molecular formula is C21H20ClN3O2. The van der Waals surface area contributed by atoms with E-state index >= 15 is 0 Å². The van der Waals surface area contributed by atoms with E-state index in [1.165, 1.54) is 0 Å². The van der Waals surface area contributed by atoms with Crippen molar-refractivity contribution in [3.05, 3.63) is 70.7 Å². The highest BCUT2D eigenvalue weighted by Crippen LogP contribution is 2.32. The standard InChI is InChI=1S/C21H20ClN3O2/c1-14-11-19(24-27-14)20-7-2-3-10-25(20)21(26)16-6-4-5-15(12-16)18-9-8-17(22)13-23-18/h4-6,8-9,11-13,20H,2-3,7,10H2,1H3/t20-/m0/s1. The molecule has 0 saturated carbocycles. The minimum absolute atomic E-state index is 0.0103. The number of halogens is 1. The molecule has 2 aromatic heterocycles. The Morgan fingerprint density at radius 2 is 2.11 bits per heavy atom. The van der Waals surface area contributed by atoms with Crippen LogP contribution in [0, 0.1) is 6.92 Å². The fourth-order valence-corrected chi connectivity index (χ4v) is 3.66. The molecule has 1 fully saturated rings.